The summed E-state index contributed by atoms with van der Waals surface area (Å²) in [5.74, 6) is -0.254. The number of carbonyl (C=O) groups excluding carboxylic acids is 2. The zero-order valence-electron chi connectivity index (χ0n) is 10.2. The Morgan fingerprint density at radius 2 is 1.95 bits per heavy atom. The number of carbonyl (C=O) groups is 2. The molecule has 2 aliphatic rings. The number of Topliss-reactive ketones (excluding diaryl/α,β-unsaturated/α-hetero) is 1. The number of hydrogen-bond donors (Lipinski definition) is 1. The molecule has 4 nitrogen and oxygen atoms in total. The molecule has 1 N–H and O–H groups in total. The van der Waals surface area contributed by atoms with Gasteiger partial charge in [-0.25, -0.2) is 0 Å². The number of benzene rings is 1. The molecule has 1 saturated heterocycles. The molecule has 0 saturated carbocycles. The van der Waals surface area contributed by atoms with Crippen LogP contribution in [0.25, 0.3) is 0 Å². The number of fused-ring (bicyclic) bond motifs is 1. The van der Waals surface area contributed by atoms with Crippen molar-refractivity contribution in [1.29, 1.82) is 0 Å². The molecule has 1 fully saturated rings. The number of alkyl halides is 1. The van der Waals surface area contributed by atoms with E-state index in [2.05, 4.69) is 5.32 Å². The van der Waals surface area contributed by atoms with Crippen LogP contribution in [0.5, 0.6) is 0 Å². The van der Waals surface area contributed by atoms with Crippen molar-refractivity contribution in [2.24, 2.45) is 0 Å². The number of ketones is 2. The predicted octanol–water partition coefficient (Wildman–Crippen LogP) is 1.42. The summed E-state index contributed by atoms with van der Waals surface area (Å²) in [7, 11) is 0. The highest BCUT2D eigenvalue weighted by atomic mass is 35.5. The van der Waals surface area contributed by atoms with Crippen LogP contribution in [0.2, 0.25) is 0 Å². The van der Waals surface area contributed by atoms with Crippen molar-refractivity contribution < 1.29 is 9.59 Å². The lowest BCUT2D eigenvalue weighted by molar-refractivity contribution is 0.0940. The predicted molar refractivity (Wildman–Crippen MR) is 72.4 cm³/mol. The molecule has 19 heavy (non-hydrogen) atoms. The Kier molecular flexibility index (Phi) is 3.12. The number of nitrogens with one attached hydrogen (secondary N) is 1. The lowest BCUT2D eigenvalue weighted by atomic mass is 9.92. The molecule has 1 unspecified atom stereocenters. The Labute approximate surface area is 116 Å². The molecule has 0 spiro atoms. The monoisotopic (exact) mass is 276 g/mol. The van der Waals surface area contributed by atoms with E-state index in [0.29, 0.717) is 29.9 Å². The Balaban J connectivity index is 2.00. The fraction of sp³-hybridized carbons (Fsp3) is 0.286. The van der Waals surface area contributed by atoms with Crippen molar-refractivity contribution in [2.75, 3.05) is 19.6 Å². The first-order valence-electron chi connectivity index (χ1n) is 6.19. The smallest absolute Gasteiger partial charge is 0.209 e. The van der Waals surface area contributed by atoms with Crippen LogP contribution in [0.3, 0.4) is 0 Å². The quantitative estimate of drug-likeness (QED) is 0.623. The van der Waals surface area contributed by atoms with Gasteiger partial charge in [0, 0.05) is 36.8 Å². The van der Waals surface area contributed by atoms with E-state index in [1.54, 1.807) is 29.2 Å². The molecule has 1 aliphatic carbocycles. The minimum atomic E-state index is -0.304. The number of allylic oxidation sites excluding steroid dienone is 2. The first-order valence-corrected chi connectivity index (χ1v) is 6.63. The summed E-state index contributed by atoms with van der Waals surface area (Å²) in [6, 6.07) is 6.90. The van der Waals surface area contributed by atoms with Gasteiger partial charge in [0.1, 0.15) is 5.50 Å². The second-order valence-corrected chi connectivity index (χ2v) is 5.10. The van der Waals surface area contributed by atoms with Gasteiger partial charge >= 0.3 is 0 Å². The molecule has 0 bridgehead atoms. The average molecular weight is 277 g/mol. The second kappa shape index (κ2) is 4.79. The van der Waals surface area contributed by atoms with E-state index in [0.717, 1.165) is 6.54 Å². The summed E-state index contributed by atoms with van der Waals surface area (Å²) < 4.78 is 0. The number of hydrogen-bond acceptors (Lipinski definition) is 4. The molecular formula is C14H13ClN2O2. The number of piperazine rings is 1. The zero-order chi connectivity index (χ0) is 13.4. The molecule has 0 amide bonds. The van der Waals surface area contributed by atoms with E-state index in [-0.39, 0.29) is 17.1 Å². The fourth-order valence-corrected chi connectivity index (χ4v) is 2.77. The van der Waals surface area contributed by atoms with Gasteiger partial charge in [0.2, 0.25) is 5.78 Å². The van der Waals surface area contributed by atoms with Gasteiger partial charge in [0.15, 0.2) is 5.78 Å². The highest BCUT2D eigenvalue weighted by Gasteiger charge is 2.32. The van der Waals surface area contributed by atoms with E-state index in [4.69, 9.17) is 11.6 Å². The molecule has 3 rings (SSSR count). The van der Waals surface area contributed by atoms with E-state index < -0.39 is 0 Å². The second-order valence-electron chi connectivity index (χ2n) is 4.60. The Morgan fingerprint density at radius 3 is 2.68 bits per heavy atom. The first-order chi connectivity index (χ1) is 9.18. The van der Waals surface area contributed by atoms with Crippen molar-refractivity contribution in [3.05, 3.63) is 47.2 Å². The maximum Gasteiger partial charge on any atom is 0.209 e. The molecule has 0 radical (unpaired) electrons. The lowest BCUT2D eigenvalue weighted by Gasteiger charge is -2.36. The summed E-state index contributed by atoms with van der Waals surface area (Å²) in [6.45, 7) is 1.98. The number of rotatable bonds is 1. The third-order valence-electron chi connectivity index (χ3n) is 3.43. The summed E-state index contributed by atoms with van der Waals surface area (Å²) >= 11 is 6.22. The highest BCUT2D eigenvalue weighted by molar-refractivity contribution is 6.25. The van der Waals surface area contributed by atoms with Gasteiger partial charge < -0.3 is 10.2 Å². The number of nitrogens with zero attached hydrogens (tertiary/aromatic N) is 1. The van der Waals surface area contributed by atoms with Crippen LogP contribution < -0.4 is 5.32 Å². The number of halogens is 1. The summed E-state index contributed by atoms with van der Waals surface area (Å²) in [6.07, 6.45) is 1.41. The summed E-state index contributed by atoms with van der Waals surface area (Å²) in [4.78, 5) is 26.3. The summed E-state index contributed by atoms with van der Waals surface area (Å²) in [5.41, 5.74) is 1.04. The minimum absolute atomic E-state index is 0.122. The molecule has 0 aromatic heterocycles. The summed E-state index contributed by atoms with van der Waals surface area (Å²) in [5, 5.41) is 3.15. The van der Waals surface area contributed by atoms with Gasteiger partial charge in [-0.05, 0) is 0 Å². The van der Waals surface area contributed by atoms with Crippen LogP contribution >= 0.6 is 11.6 Å². The van der Waals surface area contributed by atoms with E-state index in [1.165, 1.54) is 6.08 Å². The topological polar surface area (TPSA) is 49.4 Å². The van der Waals surface area contributed by atoms with Crippen molar-refractivity contribution in [3.8, 4) is 0 Å². The maximum absolute atomic E-state index is 12.5. The first kappa shape index (κ1) is 12.4. The van der Waals surface area contributed by atoms with Gasteiger partial charge in [0.25, 0.3) is 0 Å². The molecule has 98 valence electrons. The molecular weight excluding hydrogens is 264 g/mol. The fourth-order valence-electron chi connectivity index (χ4n) is 2.46. The minimum Gasteiger partial charge on any atom is -0.349 e. The molecule has 1 aromatic carbocycles. The van der Waals surface area contributed by atoms with Gasteiger partial charge in [-0.2, -0.15) is 0 Å². The van der Waals surface area contributed by atoms with E-state index in [1.807, 2.05) is 0 Å². The van der Waals surface area contributed by atoms with Crippen LogP contribution in [-0.2, 0) is 0 Å². The van der Waals surface area contributed by atoms with Gasteiger partial charge in [0.05, 0.1) is 5.70 Å². The lowest BCUT2D eigenvalue weighted by Crippen LogP contribution is -2.49. The Hall–Kier alpha value is -1.65. The highest BCUT2D eigenvalue weighted by Crippen LogP contribution is 2.26. The van der Waals surface area contributed by atoms with Gasteiger partial charge in [-0.3, -0.25) is 9.59 Å². The SMILES string of the molecule is O=C1C=C(N2CCNCC2Cl)C(=O)c2ccccc21. The van der Waals surface area contributed by atoms with Crippen LogP contribution in [0.15, 0.2) is 36.0 Å². The van der Waals surface area contributed by atoms with E-state index >= 15 is 0 Å². The maximum atomic E-state index is 12.5. The van der Waals surface area contributed by atoms with Crippen LogP contribution in [0.1, 0.15) is 20.7 Å². The third-order valence-corrected chi connectivity index (χ3v) is 3.82. The van der Waals surface area contributed by atoms with Crippen LogP contribution in [-0.4, -0.2) is 41.6 Å². The van der Waals surface area contributed by atoms with Crippen molar-refractivity contribution in [3.63, 3.8) is 0 Å². The van der Waals surface area contributed by atoms with Gasteiger partial charge in [-0.1, -0.05) is 35.9 Å². The van der Waals surface area contributed by atoms with E-state index in [9.17, 15) is 9.59 Å². The normalized spacial score (nSPS) is 23.1. The van der Waals surface area contributed by atoms with Gasteiger partial charge in [-0.15, -0.1) is 0 Å². The van der Waals surface area contributed by atoms with Crippen molar-refractivity contribution >= 4 is 23.2 Å². The van der Waals surface area contributed by atoms with Crippen molar-refractivity contribution in [2.45, 2.75) is 5.50 Å². The molecule has 1 atom stereocenters. The Morgan fingerprint density at radius 1 is 1.21 bits per heavy atom. The average Bonchev–Trinajstić information content (AvgIpc) is 2.44. The van der Waals surface area contributed by atoms with Crippen LogP contribution in [0, 0.1) is 0 Å². The molecule has 1 aromatic rings. The largest absolute Gasteiger partial charge is 0.349 e. The van der Waals surface area contributed by atoms with Crippen molar-refractivity contribution in [1.82, 2.24) is 10.2 Å². The third kappa shape index (κ3) is 2.07. The van der Waals surface area contributed by atoms with Crippen LogP contribution in [0.4, 0.5) is 0 Å². The zero-order valence-corrected chi connectivity index (χ0v) is 11.0. The Bertz CT molecular complexity index is 583. The molecule has 1 heterocycles. The molecule has 1 aliphatic heterocycles. The molecule has 5 heteroatoms. The standard InChI is InChI=1S/C14H13ClN2O2/c15-13-8-16-5-6-17(13)11-7-12(18)9-3-1-2-4-10(9)14(11)19/h1-4,7,13,16H,5-6,8H2.